The van der Waals surface area contributed by atoms with Crippen LogP contribution in [0, 0.1) is 5.92 Å². The predicted octanol–water partition coefficient (Wildman–Crippen LogP) is 4.20. The van der Waals surface area contributed by atoms with Gasteiger partial charge in [-0.1, -0.05) is 56.5 Å². The fourth-order valence-electron chi connectivity index (χ4n) is 2.12. The van der Waals surface area contributed by atoms with Crippen molar-refractivity contribution in [3.63, 3.8) is 0 Å². The summed E-state index contributed by atoms with van der Waals surface area (Å²) < 4.78 is 6.06. The summed E-state index contributed by atoms with van der Waals surface area (Å²) in [6, 6.07) is 8.43. The van der Waals surface area contributed by atoms with Gasteiger partial charge >= 0.3 is 0 Å². The van der Waals surface area contributed by atoms with Gasteiger partial charge in [-0.05, 0) is 18.4 Å². The number of halogens is 1. The second-order valence-electron chi connectivity index (χ2n) is 5.68. The maximum Gasteiger partial charge on any atom is 0.0963 e. The van der Waals surface area contributed by atoms with Crippen LogP contribution in [0.2, 0.25) is 5.02 Å². The van der Waals surface area contributed by atoms with Gasteiger partial charge in [0, 0.05) is 29.8 Å². The maximum atomic E-state index is 6.28. The molecule has 106 valence electrons. The van der Waals surface area contributed by atoms with E-state index in [9.17, 15) is 0 Å². The van der Waals surface area contributed by atoms with E-state index in [1.54, 1.807) is 0 Å². The first-order chi connectivity index (χ1) is 9.16. The molecule has 0 amide bonds. The Morgan fingerprint density at radius 2 is 2.05 bits per heavy atom. The fraction of sp³-hybridized carbons (Fsp3) is 0.625. The molecule has 2 rings (SSSR count). The molecular formula is C16H24ClNO. The molecule has 1 unspecified atom stereocenters. The molecule has 19 heavy (non-hydrogen) atoms. The number of hydrogen-bond donors (Lipinski definition) is 1. The summed E-state index contributed by atoms with van der Waals surface area (Å²) in [6.07, 6.45) is 3.99. The molecule has 0 heterocycles. The lowest BCUT2D eigenvalue weighted by Crippen LogP contribution is -2.29. The van der Waals surface area contributed by atoms with Gasteiger partial charge in [-0.3, -0.25) is 0 Å². The largest absolute Gasteiger partial charge is 0.372 e. The molecule has 0 radical (unpaired) electrons. The number of benzene rings is 1. The van der Waals surface area contributed by atoms with Crippen LogP contribution in [0.3, 0.4) is 0 Å². The summed E-state index contributed by atoms with van der Waals surface area (Å²) in [7, 11) is 0. The summed E-state index contributed by atoms with van der Waals surface area (Å²) in [5.41, 5.74) is 1.09. The Hall–Kier alpha value is -0.570. The van der Waals surface area contributed by atoms with Crippen molar-refractivity contribution in [2.75, 3.05) is 13.2 Å². The minimum atomic E-state index is 0.0508. The van der Waals surface area contributed by atoms with Gasteiger partial charge in [0.05, 0.1) is 6.10 Å². The SMILES string of the molecule is CC(C)NCC(OCCC1CC1)c1ccccc1Cl. The summed E-state index contributed by atoms with van der Waals surface area (Å²) in [4.78, 5) is 0. The predicted molar refractivity (Wildman–Crippen MR) is 80.6 cm³/mol. The highest BCUT2D eigenvalue weighted by Crippen LogP contribution is 2.33. The zero-order valence-electron chi connectivity index (χ0n) is 11.9. The van der Waals surface area contributed by atoms with E-state index < -0.39 is 0 Å². The van der Waals surface area contributed by atoms with E-state index in [4.69, 9.17) is 16.3 Å². The van der Waals surface area contributed by atoms with Crippen molar-refractivity contribution >= 4 is 11.6 Å². The highest BCUT2D eigenvalue weighted by molar-refractivity contribution is 6.31. The number of hydrogen-bond acceptors (Lipinski definition) is 2. The molecular weight excluding hydrogens is 258 g/mol. The summed E-state index contributed by atoms with van der Waals surface area (Å²) in [5, 5.41) is 4.24. The lowest BCUT2D eigenvalue weighted by molar-refractivity contribution is 0.0474. The zero-order valence-corrected chi connectivity index (χ0v) is 12.6. The van der Waals surface area contributed by atoms with Crippen LogP contribution in [0.1, 0.15) is 44.8 Å². The molecule has 0 bridgehead atoms. The first-order valence-electron chi connectivity index (χ1n) is 7.26. The quantitative estimate of drug-likeness (QED) is 0.771. The average molecular weight is 282 g/mol. The summed E-state index contributed by atoms with van der Waals surface area (Å²) in [5.74, 6) is 0.907. The van der Waals surface area contributed by atoms with Crippen LogP contribution >= 0.6 is 11.6 Å². The Bertz CT molecular complexity index is 390. The maximum absolute atomic E-state index is 6.28. The second-order valence-corrected chi connectivity index (χ2v) is 6.08. The van der Waals surface area contributed by atoms with Gasteiger partial charge < -0.3 is 10.1 Å². The Balaban J connectivity index is 1.93. The molecule has 0 aromatic heterocycles. The zero-order chi connectivity index (χ0) is 13.7. The van der Waals surface area contributed by atoms with Crippen molar-refractivity contribution < 1.29 is 4.74 Å². The van der Waals surface area contributed by atoms with E-state index >= 15 is 0 Å². The highest BCUT2D eigenvalue weighted by Gasteiger charge is 2.22. The Labute approximate surface area is 121 Å². The molecule has 2 nitrogen and oxygen atoms in total. The van der Waals surface area contributed by atoms with Crippen LogP contribution in [0.4, 0.5) is 0 Å². The minimum absolute atomic E-state index is 0.0508. The van der Waals surface area contributed by atoms with Crippen LogP contribution in [-0.4, -0.2) is 19.2 Å². The third-order valence-electron chi connectivity index (χ3n) is 3.51. The van der Waals surface area contributed by atoms with Gasteiger partial charge in [0.25, 0.3) is 0 Å². The minimum Gasteiger partial charge on any atom is -0.372 e. The van der Waals surface area contributed by atoms with Crippen LogP contribution in [-0.2, 0) is 4.74 Å². The van der Waals surface area contributed by atoms with Crippen LogP contribution in [0.25, 0.3) is 0 Å². The van der Waals surface area contributed by atoms with Crippen LogP contribution in [0.15, 0.2) is 24.3 Å². The fourth-order valence-corrected chi connectivity index (χ4v) is 2.38. The molecule has 1 aromatic rings. The Kier molecular flexibility index (Phi) is 5.68. The average Bonchev–Trinajstić information content (AvgIpc) is 3.18. The summed E-state index contributed by atoms with van der Waals surface area (Å²) >= 11 is 6.28. The molecule has 0 spiro atoms. The molecule has 1 N–H and O–H groups in total. The van der Waals surface area contributed by atoms with Gasteiger partial charge in [0.1, 0.15) is 0 Å². The van der Waals surface area contributed by atoms with Crippen molar-refractivity contribution in [1.82, 2.24) is 5.32 Å². The van der Waals surface area contributed by atoms with E-state index in [2.05, 4.69) is 25.2 Å². The van der Waals surface area contributed by atoms with Crippen LogP contribution < -0.4 is 5.32 Å². The van der Waals surface area contributed by atoms with E-state index in [1.165, 1.54) is 19.3 Å². The van der Waals surface area contributed by atoms with Gasteiger partial charge in [0.15, 0.2) is 0 Å². The lowest BCUT2D eigenvalue weighted by Gasteiger charge is -2.21. The molecule has 0 saturated heterocycles. The lowest BCUT2D eigenvalue weighted by atomic mass is 10.1. The number of nitrogens with one attached hydrogen (secondary N) is 1. The van der Waals surface area contributed by atoms with E-state index in [1.807, 2.05) is 18.2 Å². The smallest absolute Gasteiger partial charge is 0.0963 e. The van der Waals surface area contributed by atoms with Crippen LogP contribution in [0.5, 0.6) is 0 Å². The van der Waals surface area contributed by atoms with Gasteiger partial charge in [-0.25, -0.2) is 0 Å². The normalized spacial score (nSPS) is 16.8. The Morgan fingerprint density at radius 1 is 1.32 bits per heavy atom. The standard InChI is InChI=1S/C16H24ClNO/c1-12(2)18-11-16(19-10-9-13-7-8-13)14-5-3-4-6-15(14)17/h3-6,12-13,16,18H,7-11H2,1-2H3. The third-order valence-corrected chi connectivity index (χ3v) is 3.85. The molecule has 1 aliphatic carbocycles. The molecule has 1 atom stereocenters. The van der Waals surface area contributed by atoms with Crippen molar-refractivity contribution in [2.45, 2.75) is 45.3 Å². The van der Waals surface area contributed by atoms with Gasteiger partial charge in [-0.2, -0.15) is 0 Å². The second kappa shape index (κ2) is 7.28. The van der Waals surface area contributed by atoms with E-state index in [0.29, 0.717) is 6.04 Å². The van der Waals surface area contributed by atoms with Crippen molar-refractivity contribution in [1.29, 1.82) is 0 Å². The monoisotopic (exact) mass is 281 g/mol. The summed E-state index contributed by atoms with van der Waals surface area (Å²) in [6.45, 7) is 5.94. The number of rotatable bonds is 8. The first-order valence-corrected chi connectivity index (χ1v) is 7.64. The van der Waals surface area contributed by atoms with Gasteiger partial charge in [0.2, 0.25) is 0 Å². The first kappa shape index (κ1) is 14.8. The molecule has 1 fully saturated rings. The molecule has 1 aliphatic rings. The highest BCUT2D eigenvalue weighted by atomic mass is 35.5. The molecule has 1 saturated carbocycles. The van der Waals surface area contributed by atoms with E-state index in [0.717, 1.165) is 29.7 Å². The number of ether oxygens (including phenoxy) is 1. The van der Waals surface area contributed by atoms with Crippen molar-refractivity contribution in [2.24, 2.45) is 5.92 Å². The van der Waals surface area contributed by atoms with Gasteiger partial charge in [-0.15, -0.1) is 0 Å². The van der Waals surface area contributed by atoms with Crippen molar-refractivity contribution in [3.05, 3.63) is 34.9 Å². The molecule has 3 heteroatoms. The topological polar surface area (TPSA) is 21.3 Å². The third kappa shape index (κ3) is 5.13. The molecule has 0 aliphatic heterocycles. The Morgan fingerprint density at radius 3 is 2.68 bits per heavy atom. The van der Waals surface area contributed by atoms with E-state index in [-0.39, 0.29) is 6.10 Å². The van der Waals surface area contributed by atoms with Crippen molar-refractivity contribution in [3.8, 4) is 0 Å². The molecule has 1 aromatic carbocycles.